The van der Waals surface area contributed by atoms with Crippen molar-refractivity contribution in [3.8, 4) is 0 Å². The third kappa shape index (κ3) is 2.16. The van der Waals surface area contributed by atoms with Gasteiger partial charge in [-0.25, -0.2) is 0 Å². The molecule has 1 aliphatic rings. The molecule has 1 fully saturated rings. The van der Waals surface area contributed by atoms with Crippen LogP contribution in [-0.2, 0) is 4.79 Å². The second kappa shape index (κ2) is 3.29. The Labute approximate surface area is 79.5 Å². The standard InChI is InChI=1S/C9H17NOS/c1-4-6(12)8(11)10-7-5-9(7,2)3/h6-7,12H,4-5H2,1-3H3,(H,10,11). The molecule has 2 unspecified atom stereocenters. The molecule has 0 heterocycles. The summed E-state index contributed by atoms with van der Waals surface area (Å²) < 4.78 is 0. The van der Waals surface area contributed by atoms with E-state index in [2.05, 4.69) is 31.8 Å². The fourth-order valence-corrected chi connectivity index (χ4v) is 1.24. The Bertz CT molecular complexity index is 191. The van der Waals surface area contributed by atoms with Crippen molar-refractivity contribution < 1.29 is 4.79 Å². The number of amides is 1. The van der Waals surface area contributed by atoms with Gasteiger partial charge in [-0.3, -0.25) is 4.79 Å². The van der Waals surface area contributed by atoms with Gasteiger partial charge < -0.3 is 5.32 Å². The van der Waals surface area contributed by atoms with E-state index in [1.54, 1.807) is 0 Å². The molecule has 0 bridgehead atoms. The quantitative estimate of drug-likeness (QED) is 0.646. The van der Waals surface area contributed by atoms with Gasteiger partial charge in [0.05, 0.1) is 5.25 Å². The van der Waals surface area contributed by atoms with Crippen LogP contribution in [0.25, 0.3) is 0 Å². The van der Waals surface area contributed by atoms with Gasteiger partial charge in [0.25, 0.3) is 0 Å². The minimum absolute atomic E-state index is 0.0800. The summed E-state index contributed by atoms with van der Waals surface area (Å²) in [6.07, 6.45) is 1.89. The highest BCUT2D eigenvalue weighted by Crippen LogP contribution is 2.44. The molecular weight excluding hydrogens is 170 g/mol. The van der Waals surface area contributed by atoms with E-state index in [9.17, 15) is 4.79 Å². The fraction of sp³-hybridized carbons (Fsp3) is 0.889. The van der Waals surface area contributed by atoms with Crippen molar-refractivity contribution in [2.24, 2.45) is 5.41 Å². The molecule has 0 saturated heterocycles. The van der Waals surface area contributed by atoms with Crippen molar-refractivity contribution in [2.75, 3.05) is 0 Å². The van der Waals surface area contributed by atoms with E-state index < -0.39 is 0 Å². The predicted molar refractivity (Wildman–Crippen MR) is 53.4 cm³/mol. The molecule has 0 spiro atoms. The third-order valence-electron chi connectivity index (χ3n) is 2.52. The maximum atomic E-state index is 11.3. The minimum atomic E-state index is -0.138. The molecule has 2 atom stereocenters. The lowest BCUT2D eigenvalue weighted by atomic mass is 10.2. The SMILES string of the molecule is CCC(S)C(=O)NC1CC1(C)C. The molecule has 0 aromatic heterocycles. The molecule has 1 saturated carbocycles. The van der Waals surface area contributed by atoms with Crippen LogP contribution in [0, 0.1) is 5.41 Å². The molecule has 1 rings (SSSR count). The molecule has 12 heavy (non-hydrogen) atoms. The molecule has 0 aliphatic heterocycles. The number of thiol groups is 1. The first kappa shape index (κ1) is 9.90. The average molecular weight is 187 g/mol. The summed E-state index contributed by atoms with van der Waals surface area (Å²) in [7, 11) is 0. The summed E-state index contributed by atoms with van der Waals surface area (Å²) in [4.78, 5) is 11.3. The lowest BCUT2D eigenvalue weighted by Crippen LogP contribution is -2.34. The third-order valence-corrected chi connectivity index (χ3v) is 3.12. The van der Waals surface area contributed by atoms with Gasteiger partial charge in [-0.2, -0.15) is 12.6 Å². The van der Waals surface area contributed by atoms with Crippen molar-refractivity contribution in [1.82, 2.24) is 5.32 Å². The molecule has 3 heteroatoms. The van der Waals surface area contributed by atoms with Crippen molar-refractivity contribution in [2.45, 2.75) is 44.9 Å². The minimum Gasteiger partial charge on any atom is -0.352 e. The van der Waals surface area contributed by atoms with Gasteiger partial charge in [-0.05, 0) is 18.3 Å². The van der Waals surface area contributed by atoms with Crippen LogP contribution in [-0.4, -0.2) is 17.2 Å². The van der Waals surface area contributed by atoms with Gasteiger partial charge in [0.15, 0.2) is 0 Å². The molecule has 0 aromatic rings. The smallest absolute Gasteiger partial charge is 0.233 e. The summed E-state index contributed by atoms with van der Waals surface area (Å²) in [6.45, 7) is 6.30. The molecule has 0 radical (unpaired) electrons. The summed E-state index contributed by atoms with van der Waals surface area (Å²) in [5.41, 5.74) is 0.316. The van der Waals surface area contributed by atoms with Crippen LogP contribution in [0.15, 0.2) is 0 Å². The van der Waals surface area contributed by atoms with E-state index in [1.165, 1.54) is 0 Å². The molecule has 0 aromatic carbocycles. The number of carbonyl (C=O) groups is 1. The number of hydrogen-bond acceptors (Lipinski definition) is 2. The maximum Gasteiger partial charge on any atom is 0.233 e. The summed E-state index contributed by atoms with van der Waals surface area (Å²) in [5.74, 6) is 0.0800. The largest absolute Gasteiger partial charge is 0.352 e. The molecule has 1 aliphatic carbocycles. The Morgan fingerprint density at radius 2 is 2.25 bits per heavy atom. The zero-order valence-corrected chi connectivity index (χ0v) is 8.82. The van der Waals surface area contributed by atoms with E-state index >= 15 is 0 Å². The monoisotopic (exact) mass is 187 g/mol. The lowest BCUT2D eigenvalue weighted by molar-refractivity contribution is -0.120. The lowest BCUT2D eigenvalue weighted by Gasteiger charge is -2.10. The molecule has 1 amide bonds. The Balaban J connectivity index is 2.29. The average Bonchev–Trinajstić information content (AvgIpc) is 2.57. The van der Waals surface area contributed by atoms with Gasteiger partial charge in [0.1, 0.15) is 0 Å². The number of nitrogens with one attached hydrogen (secondary N) is 1. The van der Waals surface area contributed by atoms with E-state index in [4.69, 9.17) is 0 Å². The normalized spacial score (nSPS) is 27.8. The first-order chi connectivity index (χ1) is 5.47. The first-order valence-electron chi connectivity index (χ1n) is 4.46. The second-order valence-corrected chi connectivity index (χ2v) is 4.80. The topological polar surface area (TPSA) is 29.1 Å². The van der Waals surface area contributed by atoms with Crippen LogP contribution < -0.4 is 5.32 Å². The molecule has 70 valence electrons. The second-order valence-electron chi connectivity index (χ2n) is 4.18. The number of carbonyl (C=O) groups excluding carboxylic acids is 1. The number of rotatable bonds is 3. The predicted octanol–water partition coefficient (Wildman–Crippen LogP) is 1.61. The Hall–Kier alpha value is -0.180. The first-order valence-corrected chi connectivity index (χ1v) is 4.97. The zero-order chi connectivity index (χ0) is 9.35. The maximum absolute atomic E-state index is 11.3. The number of hydrogen-bond donors (Lipinski definition) is 2. The van der Waals surface area contributed by atoms with E-state index in [1.807, 2.05) is 6.92 Å². The van der Waals surface area contributed by atoms with Crippen LogP contribution >= 0.6 is 12.6 Å². The molecule has 2 nitrogen and oxygen atoms in total. The van der Waals surface area contributed by atoms with E-state index in [0.717, 1.165) is 12.8 Å². The van der Waals surface area contributed by atoms with Crippen molar-refractivity contribution >= 4 is 18.5 Å². The van der Waals surface area contributed by atoms with Crippen molar-refractivity contribution in [1.29, 1.82) is 0 Å². The van der Waals surface area contributed by atoms with Gasteiger partial charge in [-0.15, -0.1) is 0 Å². The van der Waals surface area contributed by atoms with Crippen LogP contribution in [0.4, 0.5) is 0 Å². The zero-order valence-electron chi connectivity index (χ0n) is 7.92. The molecule has 1 N–H and O–H groups in total. The fourth-order valence-electron chi connectivity index (χ4n) is 1.17. The highest BCUT2D eigenvalue weighted by molar-refractivity contribution is 7.81. The van der Waals surface area contributed by atoms with Crippen molar-refractivity contribution in [3.63, 3.8) is 0 Å². The van der Waals surface area contributed by atoms with Crippen LogP contribution in [0.3, 0.4) is 0 Å². The highest BCUT2D eigenvalue weighted by Gasteiger charge is 2.46. The summed E-state index contributed by atoms with van der Waals surface area (Å²) in [5, 5.41) is 2.84. The van der Waals surface area contributed by atoms with Gasteiger partial charge in [0, 0.05) is 6.04 Å². The Morgan fingerprint density at radius 3 is 2.58 bits per heavy atom. The van der Waals surface area contributed by atoms with Gasteiger partial charge >= 0.3 is 0 Å². The summed E-state index contributed by atoms with van der Waals surface area (Å²) >= 11 is 4.17. The van der Waals surface area contributed by atoms with Crippen LogP contribution in [0.2, 0.25) is 0 Å². The van der Waals surface area contributed by atoms with E-state index in [-0.39, 0.29) is 11.2 Å². The highest BCUT2D eigenvalue weighted by atomic mass is 32.1. The molecular formula is C9H17NOS. The van der Waals surface area contributed by atoms with Crippen molar-refractivity contribution in [3.05, 3.63) is 0 Å². The van der Waals surface area contributed by atoms with Crippen LogP contribution in [0.5, 0.6) is 0 Å². The van der Waals surface area contributed by atoms with Gasteiger partial charge in [0.2, 0.25) is 5.91 Å². The Kier molecular flexibility index (Phi) is 2.71. The Morgan fingerprint density at radius 1 is 1.75 bits per heavy atom. The van der Waals surface area contributed by atoms with E-state index in [0.29, 0.717) is 11.5 Å². The summed E-state index contributed by atoms with van der Waals surface area (Å²) in [6, 6.07) is 0.381. The van der Waals surface area contributed by atoms with Gasteiger partial charge in [-0.1, -0.05) is 20.8 Å². The van der Waals surface area contributed by atoms with Crippen LogP contribution in [0.1, 0.15) is 33.6 Å².